The summed E-state index contributed by atoms with van der Waals surface area (Å²) in [6.07, 6.45) is 2.65. The zero-order valence-corrected chi connectivity index (χ0v) is 33.9. The average molecular weight is 831 g/mol. The first-order valence-corrected chi connectivity index (χ1v) is 20.3. The second-order valence-electron chi connectivity index (χ2n) is 14.4. The molecule has 0 radical (unpaired) electrons. The van der Waals surface area contributed by atoms with E-state index in [1.165, 1.54) is 16.9 Å². The summed E-state index contributed by atoms with van der Waals surface area (Å²) in [5.41, 5.74) is 2.29. The Morgan fingerprint density at radius 3 is 2.02 bits per heavy atom. The van der Waals surface area contributed by atoms with Crippen molar-refractivity contribution in [2.24, 2.45) is 0 Å². The highest BCUT2D eigenvalue weighted by atomic mass is 16.7. The van der Waals surface area contributed by atoms with E-state index >= 15 is 0 Å². The molecular formula is C44H54N4O12. The molecule has 60 heavy (non-hydrogen) atoms. The van der Waals surface area contributed by atoms with Crippen LogP contribution in [0.3, 0.4) is 0 Å². The fourth-order valence-electron chi connectivity index (χ4n) is 6.94. The summed E-state index contributed by atoms with van der Waals surface area (Å²) in [4.78, 5) is 81.8. The van der Waals surface area contributed by atoms with Crippen molar-refractivity contribution in [2.45, 2.75) is 82.8 Å². The number of ether oxygens (including phenoxy) is 6. The van der Waals surface area contributed by atoms with Gasteiger partial charge in [0.15, 0.2) is 0 Å². The minimum atomic E-state index is -1.13. The Labute approximate surface area is 349 Å². The lowest BCUT2D eigenvalue weighted by Crippen LogP contribution is -2.63. The maximum absolute atomic E-state index is 14.5. The molecule has 2 fully saturated rings. The molecule has 1 heterocycles. The molecule has 16 heteroatoms. The molecule has 0 spiro atoms. The lowest BCUT2D eigenvalue weighted by Gasteiger charge is -2.41. The SMILES string of the molecule is COc1ccc(C[C@H](NC(=O)OCc2ccccc2)C(=O)N2CCN(CC(=O)OCCOC(=O)OC3CCCCC3)C(=O)[C@@H]2CCCNC(=O)OCc2ccccc2)cc1. The van der Waals surface area contributed by atoms with Crippen molar-refractivity contribution in [3.8, 4) is 5.75 Å². The van der Waals surface area contributed by atoms with Gasteiger partial charge in [-0.3, -0.25) is 14.4 Å². The van der Waals surface area contributed by atoms with Gasteiger partial charge in [-0.2, -0.15) is 0 Å². The van der Waals surface area contributed by atoms with Gasteiger partial charge in [-0.15, -0.1) is 0 Å². The van der Waals surface area contributed by atoms with Crippen LogP contribution in [0.4, 0.5) is 14.4 Å². The van der Waals surface area contributed by atoms with E-state index in [0.29, 0.717) is 11.3 Å². The van der Waals surface area contributed by atoms with Crippen molar-refractivity contribution >= 4 is 36.1 Å². The first kappa shape index (κ1) is 44.8. The van der Waals surface area contributed by atoms with Crippen molar-refractivity contribution < 1.29 is 57.2 Å². The van der Waals surface area contributed by atoms with Crippen molar-refractivity contribution in [1.29, 1.82) is 0 Å². The van der Waals surface area contributed by atoms with Crippen LogP contribution in [-0.4, -0.2) is 111 Å². The van der Waals surface area contributed by atoms with Gasteiger partial charge >= 0.3 is 24.3 Å². The topological polar surface area (TPSA) is 188 Å². The zero-order valence-electron chi connectivity index (χ0n) is 33.9. The minimum absolute atomic E-state index is 0.00183. The molecule has 1 saturated carbocycles. The lowest BCUT2D eigenvalue weighted by atomic mass is 9.98. The molecule has 3 aromatic rings. The van der Waals surface area contributed by atoms with Crippen LogP contribution < -0.4 is 15.4 Å². The number of alkyl carbamates (subject to hydrolysis) is 2. The number of nitrogens with zero attached hydrogens (tertiary/aromatic N) is 2. The Bertz CT molecular complexity index is 1840. The number of piperazine rings is 1. The first-order valence-electron chi connectivity index (χ1n) is 20.3. The van der Waals surface area contributed by atoms with Gasteiger partial charge in [0, 0.05) is 26.1 Å². The Kier molecular flexibility index (Phi) is 17.9. The van der Waals surface area contributed by atoms with Gasteiger partial charge in [-0.25, -0.2) is 14.4 Å². The van der Waals surface area contributed by atoms with Crippen LogP contribution in [0.2, 0.25) is 0 Å². The molecule has 2 aliphatic rings. The number of nitrogens with one attached hydrogen (secondary N) is 2. The van der Waals surface area contributed by atoms with Gasteiger partial charge in [0.25, 0.3) is 0 Å². The summed E-state index contributed by atoms with van der Waals surface area (Å²) in [6, 6.07) is 23.1. The third kappa shape index (κ3) is 14.8. The van der Waals surface area contributed by atoms with Gasteiger partial charge in [0.2, 0.25) is 11.8 Å². The summed E-state index contributed by atoms with van der Waals surface area (Å²) in [7, 11) is 1.54. The highest BCUT2D eigenvalue weighted by Crippen LogP contribution is 2.22. The lowest BCUT2D eigenvalue weighted by molar-refractivity contribution is -0.158. The van der Waals surface area contributed by atoms with Gasteiger partial charge in [0.1, 0.15) is 56.9 Å². The predicted molar refractivity (Wildman–Crippen MR) is 216 cm³/mol. The Hall–Kier alpha value is -6.32. The largest absolute Gasteiger partial charge is 0.508 e. The number of hydrogen-bond donors (Lipinski definition) is 2. The quantitative estimate of drug-likeness (QED) is 0.0902. The van der Waals surface area contributed by atoms with E-state index < -0.39 is 54.8 Å². The fourth-order valence-corrected chi connectivity index (χ4v) is 6.94. The molecule has 1 saturated heterocycles. The van der Waals surface area contributed by atoms with E-state index in [4.69, 9.17) is 28.4 Å². The molecule has 3 aromatic carbocycles. The molecule has 4 amide bonds. The highest BCUT2D eigenvalue weighted by molar-refractivity contribution is 5.93. The number of carbonyl (C=O) groups is 6. The third-order valence-electron chi connectivity index (χ3n) is 10.1. The van der Waals surface area contributed by atoms with Crippen molar-refractivity contribution in [1.82, 2.24) is 20.4 Å². The summed E-state index contributed by atoms with van der Waals surface area (Å²) < 4.78 is 31.7. The van der Waals surface area contributed by atoms with Gasteiger partial charge in [0.05, 0.1) is 7.11 Å². The van der Waals surface area contributed by atoms with Gasteiger partial charge < -0.3 is 48.9 Å². The maximum atomic E-state index is 14.5. The van der Waals surface area contributed by atoms with Crippen LogP contribution in [0.5, 0.6) is 5.75 Å². The number of esters is 1. The van der Waals surface area contributed by atoms with Crippen molar-refractivity contribution in [3.63, 3.8) is 0 Å². The molecule has 1 aliphatic heterocycles. The molecule has 0 bridgehead atoms. The molecule has 1 aliphatic carbocycles. The smallest absolute Gasteiger partial charge is 0.497 e. The normalized spacial score (nSPS) is 15.9. The Morgan fingerprint density at radius 2 is 1.37 bits per heavy atom. The molecule has 0 unspecified atom stereocenters. The van der Waals surface area contributed by atoms with E-state index in [1.807, 2.05) is 48.5 Å². The van der Waals surface area contributed by atoms with E-state index in [1.54, 1.807) is 36.4 Å². The number of benzene rings is 3. The highest BCUT2D eigenvalue weighted by Gasteiger charge is 2.40. The van der Waals surface area contributed by atoms with Crippen LogP contribution in [-0.2, 0) is 57.7 Å². The second kappa shape index (κ2) is 23.9. The fraction of sp³-hybridized carbons (Fsp3) is 0.455. The van der Waals surface area contributed by atoms with Crippen LogP contribution in [0.1, 0.15) is 61.6 Å². The van der Waals surface area contributed by atoms with Crippen molar-refractivity contribution in [3.05, 3.63) is 102 Å². The van der Waals surface area contributed by atoms with E-state index in [2.05, 4.69) is 10.6 Å². The molecule has 16 nitrogen and oxygen atoms in total. The standard InChI is InChI=1S/C44H54N4O12/c1-55-35-21-19-32(20-22-35)28-37(46-43(53)59-31-34-14-7-3-8-15-34)40(50)48-25-24-47(29-39(49)56-26-27-57-44(54)60-36-16-9-4-10-17-36)41(51)38(48)18-11-23-45-42(52)58-30-33-12-5-2-6-13-33/h2-3,5-8,12-15,19-22,36-38H,4,9-11,16-18,23-31H2,1H3,(H,45,52)(H,46,53)/t37-,38-/m0/s1. The Morgan fingerprint density at radius 1 is 0.733 bits per heavy atom. The minimum Gasteiger partial charge on any atom is -0.497 e. The van der Waals surface area contributed by atoms with Crippen LogP contribution in [0, 0.1) is 0 Å². The zero-order chi connectivity index (χ0) is 42.5. The van der Waals surface area contributed by atoms with Crippen molar-refractivity contribution in [2.75, 3.05) is 46.5 Å². The summed E-state index contributed by atoms with van der Waals surface area (Å²) in [6.45, 7) is -0.648. The summed E-state index contributed by atoms with van der Waals surface area (Å²) in [5, 5.41) is 5.39. The first-order chi connectivity index (χ1) is 29.2. The summed E-state index contributed by atoms with van der Waals surface area (Å²) >= 11 is 0. The third-order valence-corrected chi connectivity index (χ3v) is 10.1. The number of hydrogen-bond acceptors (Lipinski definition) is 12. The number of carbonyl (C=O) groups excluding carboxylic acids is 6. The van der Waals surface area contributed by atoms with Crippen LogP contribution >= 0.6 is 0 Å². The monoisotopic (exact) mass is 830 g/mol. The van der Waals surface area contributed by atoms with Gasteiger partial charge in [-0.1, -0.05) is 79.2 Å². The van der Waals surface area contributed by atoms with E-state index in [9.17, 15) is 28.8 Å². The molecular weight excluding hydrogens is 776 g/mol. The number of amides is 4. The van der Waals surface area contributed by atoms with Crippen LogP contribution in [0.25, 0.3) is 0 Å². The average Bonchev–Trinajstić information content (AvgIpc) is 3.27. The predicted octanol–water partition coefficient (Wildman–Crippen LogP) is 5.31. The molecule has 322 valence electrons. The molecule has 5 rings (SSSR count). The molecule has 0 aromatic heterocycles. The maximum Gasteiger partial charge on any atom is 0.508 e. The van der Waals surface area contributed by atoms with E-state index in [0.717, 1.165) is 43.2 Å². The molecule has 2 N–H and O–H groups in total. The van der Waals surface area contributed by atoms with Crippen LogP contribution in [0.15, 0.2) is 84.9 Å². The second-order valence-corrected chi connectivity index (χ2v) is 14.4. The van der Waals surface area contributed by atoms with E-state index in [-0.39, 0.29) is 71.4 Å². The summed E-state index contributed by atoms with van der Waals surface area (Å²) in [5.74, 6) is -1.16. The molecule has 2 atom stereocenters. The Balaban J connectivity index is 1.22. The number of methoxy groups -OCH3 is 1. The van der Waals surface area contributed by atoms with Gasteiger partial charge in [-0.05, 0) is 67.3 Å². The number of rotatable bonds is 19.